The molecule has 1 amide bonds. The van der Waals surface area contributed by atoms with Crippen molar-refractivity contribution >= 4 is 11.6 Å². The summed E-state index contributed by atoms with van der Waals surface area (Å²) in [4.78, 5) is 26.9. The van der Waals surface area contributed by atoms with Gasteiger partial charge in [0.05, 0.1) is 11.3 Å². The number of phenols is 1. The summed E-state index contributed by atoms with van der Waals surface area (Å²) in [6, 6.07) is 10.7. The molecule has 2 N–H and O–H groups in total. The molecule has 1 aromatic heterocycles. The van der Waals surface area contributed by atoms with E-state index in [2.05, 4.69) is 10.3 Å². The molecular weight excluding hydrogens is 324 g/mol. The highest BCUT2D eigenvalue weighted by Crippen LogP contribution is 2.24. The van der Waals surface area contributed by atoms with Crippen LogP contribution < -0.4 is 5.32 Å². The minimum absolute atomic E-state index is 0.140. The van der Waals surface area contributed by atoms with Gasteiger partial charge in [-0.25, -0.2) is 4.98 Å². The quantitative estimate of drug-likeness (QED) is 0.548. The summed E-state index contributed by atoms with van der Waals surface area (Å²) in [6.07, 6.45) is 4.56. The third-order valence-electron chi connectivity index (χ3n) is 3.61. The van der Waals surface area contributed by atoms with Gasteiger partial charge < -0.3 is 15.0 Å². The standard InChI is InChI=1S/C17H14N4O4/c22-14-4-1-12(2-5-14)10-19-17(23)13-3-6-15(16(9-13)21(24)25)20-8-7-18-11-20/h1-9,11,22H,10H2,(H,19,23). The van der Waals surface area contributed by atoms with Crippen molar-refractivity contribution in [2.45, 2.75) is 6.54 Å². The monoisotopic (exact) mass is 338 g/mol. The van der Waals surface area contributed by atoms with Gasteiger partial charge >= 0.3 is 0 Å². The van der Waals surface area contributed by atoms with Crippen molar-refractivity contribution < 1.29 is 14.8 Å². The van der Waals surface area contributed by atoms with Crippen LogP contribution in [0.25, 0.3) is 5.69 Å². The molecule has 0 radical (unpaired) electrons. The molecule has 0 aliphatic heterocycles. The predicted molar refractivity (Wildman–Crippen MR) is 89.5 cm³/mol. The van der Waals surface area contributed by atoms with Crippen LogP contribution in [0.3, 0.4) is 0 Å². The van der Waals surface area contributed by atoms with E-state index in [0.717, 1.165) is 5.56 Å². The Bertz CT molecular complexity index is 905. The molecule has 0 bridgehead atoms. The third-order valence-corrected chi connectivity index (χ3v) is 3.61. The summed E-state index contributed by atoms with van der Waals surface area (Å²) in [5.41, 5.74) is 1.14. The fraction of sp³-hybridized carbons (Fsp3) is 0.0588. The molecule has 0 atom stereocenters. The van der Waals surface area contributed by atoms with Gasteiger partial charge in [0.2, 0.25) is 0 Å². The molecule has 0 saturated carbocycles. The number of carbonyl (C=O) groups excluding carboxylic acids is 1. The van der Waals surface area contributed by atoms with E-state index in [0.29, 0.717) is 5.69 Å². The lowest BCUT2D eigenvalue weighted by Gasteiger charge is -2.08. The fourth-order valence-electron chi connectivity index (χ4n) is 2.33. The summed E-state index contributed by atoms with van der Waals surface area (Å²) in [5.74, 6) is -0.283. The second-order valence-electron chi connectivity index (χ2n) is 5.28. The first-order valence-corrected chi connectivity index (χ1v) is 7.37. The second kappa shape index (κ2) is 6.83. The van der Waals surface area contributed by atoms with Crippen molar-refractivity contribution in [3.05, 3.63) is 82.4 Å². The molecule has 0 spiro atoms. The number of amides is 1. The van der Waals surface area contributed by atoms with Crippen LogP contribution in [0, 0.1) is 10.1 Å². The number of nitrogens with one attached hydrogen (secondary N) is 1. The van der Waals surface area contributed by atoms with Crippen LogP contribution in [-0.2, 0) is 6.54 Å². The fourth-order valence-corrected chi connectivity index (χ4v) is 2.33. The lowest BCUT2D eigenvalue weighted by molar-refractivity contribution is -0.384. The van der Waals surface area contributed by atoms with Crippen molar-refractivity contribution in [1.82, 2.24) is 14.9 Å². The number of nitro groups is 1. The summed E-state index contributed by atoms with van der Waals surface area (Å²) in [6.45, 7) is 0.246. The lowest BCUT2D eigenvalue weighted by Crippen LogP contribution is -2.23. The molecule has 3 rings (SSSR count). The van der Waals surface area contributed by atoms with Gasteiger partial charge in [0.15, 0.2) is 0 Å². The summed E-state index contributed by atoms with van der Waals surface area (Å²) in [7, 11) is 0. The van der Waals surface area contributed by atoms with Crippen LogP contribution in [0.1, 0.15) is 15.9 Å². The number of benzene rings is 2. The van der Waals surface area contributed by atoms with E-state index in [1.165, 1.54) is 47.4 Å². The molecule has 1 heterocycles. The number of aromatic nitrogens is 2. The van der Waals surface area contributed by atoms with Crippen molar-refractivity contribution in [2.75, 3.05) is 0 Å². The number of imidazole rings is 1. The number of hydrogen-bond acceptors (Lipinski definition) is 5. The zero-order chi connectivity index (χ0) is 17.8. The zero-order valence-corrected chi connectivity index (χ0v) is 13.0. The maximum absolute atomic E-state index is 12.3. The first kappa shape index (κ1) is 16.2. The number of nitro benzene ring substituents is 1. The molecule has 8 nitrogen and oxygen atoms in total. The molecule has 0 fully saturated rings. The molecule has 3 aromatic rings. The first-order chi connectivity index (χ1) is 12.0. The third kappa shape index (κ3) is 3.63. The Morgan fingerprint density at radius 2 is 2.00 bits per heavy atom. The summed E-state index contributed by atoms with van der Waals surface area (Å²) >= 11 is 0. The Morgan fingerprint density at radius 1 is 1.24 bits per heavy atom. The van der Waals surface area contributed by atoms with E-state index < -0.39 is 10.8 Å². The maximum atomic E-state index is 12.3. The van der Waals surface area contributed by atoms with Crippen LogP contribution in [0.4, 0.5) is 5.69 Å². The molecular formula is C17H14N4O4. The Balaban J connectivity index is 1.79. The van der Waals surface area contributed by atoms with Gasteiger partial charge in [-0.2, -0.15) is 0 Å². The van der Waals surface area contributed by atoms with Crippen molar-refractivity contribution in [2.24, 2.45) is 0 Å². The van der Waals surface area contributed by atoms with Gasteiger partial charge in [0.25, 0.3) is 11.6 Å². The van der Waals surface area contributed by atoms with Crippen molar-refractivity contribution in [1.29, 1.82) is 0 Å². The minimum atomic E-state index is -0.536. The number of carbonyl (C=O) groups is 1. The van der Waals surface area contributed by atoms with Crippen LogP contribution in [0.2, 0.25) is 0 Å². The maximum Gasteiger partial charge on any atom is 0.294 e. The SMILES string of the molecule is O=C(NCc1ccc(O)cc1)c1ccc(-n2ccnc2)c([N+](=O)[O-])c1. The lowest BCUT2D eigenvalue weighted by atomic mass is 10.1. The summed E-state index contributed by atoms with van der Waals surface area (Å²) < 4.78 is 1.51. The smallest absolute Gasteiger partial charge is 0.294 e. The van der Waals surface area contributed by atoms with Gasteiger partial charge in [-0.05, 0) is 29.8 Å². The number of aromatic hydroxyl groups is 1. The number of hydrogen-bond donors (Lipinski definition) is 2. The summed E-state index contributed by atoms with van der Waals surface area (Å²) in [5, 5.41) is 23.3. The van der Waals surface area contributed by atoms with Gasteiger partial charge in [-0.3, -0.25) is 14.9 Å². The highest BCUT2D eigenvalue weighted by molar-refractivity contribution is 5.95. The molecule has 2 aromatic carbocycles. The topological polar surface area (TPSA) is 110 Å². The normalized spacial score (nSPS) is 10.4. The Morgan fingerprint density at radius 3 is 2.64 bits per heavy atom. The van der Waals surface area contributed by atoms with Crippen LogP contribution in [0.15, 0.2) is 61.2 Å². The van der Waals surface area contributed by atoms with E-state index in [4.69, 9.17) is 0 Å². The van der Waals surface area contributed by atoms with E-state index in [9.17, 15) is 20.0 Å². The van der Waals surface area contributed by atoms with E-state index in [1.54, 1.807) is 18.3 Å². The molecule has 0 aliphatic carbocycles. The molecule has 8 heteroatoms. The van der Waals surface area contributed by atoms with Gasteiger partial charge in [-0.1, -0.05) is 12.1 Å². The molecule has 0 aliphatic rings. The highest BCUT2D eigenvalue weighted by atomic mass is 16.6. The van der Waals surface area contributed by atoms with E-state index in [1.807, 2.05) is 0 Å². The Hall–Kier alpha value is -3.68. The zero-order valence-electron chi connectivity index (χ0n) is 13.0. The minimum Gasteiger partial charge on any atom is -0.508 e. The Labute approximate surface area is 142 Å². The van der Waals surface area contributed by atoms with Crippen LogP contribution in [-0.4, -0.2) is 25.5 Å². The number of nitrogens with zero attached hydrogens (tertiary/aromatic N) is 3. The number of phenolic OH excluding ortho intramolecular Hbond substituents is 1. The molecule has 126 valence electrons. The van der Waals surface area contributed by atoms with Crippen LogP contribution in [0.5, 0.6) is 5.75 Å². The van der Waals surface area contributed by atoms with Crippen LogP contribution >= 0.6 is 0 Å². The van der Waals surface area contributed by atoms with Gasteiger partial charge in [0.1, 0.15) is 11.4 Å². The predicted octanol–water partition coefficient (Wildman–Crippen LogP) is 2.42. The molecule has 0 unspecified atom stereocenters. The average molecular weight is 338 g/mol. The van der Waals surface area contributed by atoms with Crippen molar-refractivity contribution in [3.63, 3.8) is 0 Å². The largest absolute Gasteiger partial charge is 0.508 e. The highest BCUT2D eigenvalue weighted by Gasteiger charge is 2.18. The van der Waals surface area contributed by atoms with E-state index in [-0.39, 0.29) is 23.5 Å². The Kier molecular flexibility index (Phi) is 4.42. The van der Waals surface area contributed by atoms with Gasteiger partial charge in [-0.15, -0.1) is 0 Å². The average Bonchev–Trinajstić information content (AvgIpc) is 3.15. The molecule has 0 saturated heterocycles. The molecule has 25 heavy (non-hydrogen) atoms. The van der Waals surface area contributed by atoms with E-state index >= 15 is 0 Å². The van der Waals surface area contributed by atoms with Gasteiger partial charge in [0, 0.05) is 30.6 Å². The first-order valence-electron chi connectivity index (χ1n) is 7.37. The second-order valence-corrected chi connectivity index (χ2v) is 5.28. The number of rotatable bonds is 5. The van der Waals surface area contributed by atoms with Crippen molar-refractivity contribution in [3.8, 4) is 11.4 Å².